The number of nitrogens with zero attached hydrogens (tertiary/aromatic N) is 3. The third kappa shape index (κ3) is 3.36. The number of furan rings is 1. The molecule has 5 aromatic carbocycles. The Kier molecular flexibility index (Phi) is 4.83. The van der Waals surface area contributed by atoms with Crippen LogP contribution in [0.5, 0.6) is 0 Å². The lowest BCUT2D eigenvalue weighted by molar-refractivity contribution is 0.620. The van der Waals surface area contributed by atoms with Crippen molar-refractivity contribution >= 4 is 21.9 Å². The summed E-state index contributed by atoms with van der Waals surface area (Å²) in [6, 6.07) is 39.5. The van der Waals surface area contributed by atoms with E-state index < -0.39 is 0 Å². The van der Waals surface area contributed by atoms with Gasteiger partial charge in [0.15, 0.2) is 17.5 Å². The van der Waals surface area contributed by atoms with Crippen molar-refractivity contribution in [3.63, 3.8) is 0 Å². The third-order valence-corrected chi connectivity index (χ3v) is 8.11. The zero-order chi connectivity index (χ0) is 26.8. The largest absolute Gasteiger partial charge is 0.456 e. The van der Waals surface area contributed by atoms with E-state index in [1.807, 2.05) is 72.8 Å². The van der Waals surface area contributed by atoms with E-state index in [1.165, 1.54) is 22.3 Å². The molecule has 0 bridgehead atoms. The van der Waals surface area contributed by atoms with E-state index in [2.05, 4.69) is 56.3 Å². The SMILES string of the molecule is CC1(C)c2cc(-c3nc(-c4ccccc4)nc(-c4ccccc4)n3)ccc2-c2ccc3c(oc4ccccc43)c21. The minimum absolute atomic E-state index is 0.258. The third-order valence-electron chi connectivity index (χ3n) is 8.11. The molecule has 7 aromatic rings. The van der Waals surface area contributed by atoms with Crippen LogP contribution in [0.1, 0.15) is 25.0 Å². The Morgan fingerprint density at radius 1 is 0.525 bits per heavy atom. The molecule has 4 heteroatoms. The Labute approximate surface area is 232 Å². The molecule has 0 spiro atoms. The molecule has 0 fully saturated rings. The lowest BCUT2D eigenvalue weighted by Gasteiger charge is -2.22. The summed E-state index contributed by atoms with van der Waals surface area (Å²) in [7, 11) is 0. The molecule has 1 aliphatic rings. The van der Waals surface area contributed by atoms with Crippen LogP contribution in [0, 0.1) is 0 Å². The highest BCUT2D eigenvalue weighted by atomic mass is 16.3. The molecule has 2 aromatic heterocycles. The van der Waals surface area contributed by atoms with Crippen molar-refractivity contribution in [2.45, 2.75) is 19.3 Å². The average Bonchev–Trinajstić information content (AvgIpc) is 3.50. The number of rotatable bonds is 3. The smallest absolute Gasteiger partial charge is 0.164 e. The van der Waals surface area contributed by atoms with Crippen LogP contribution in [-0.4, -0.2) is 15.0 Å². The number of para-hydroxylation sites is 1. The van der Waals surface area contributed by atoms with Crippen LogP contribution >= 0.6 is 0 Å². The van der Waals surface area contributed by atoms with Crippen molar-refractivity contribution in [2.75, 3.05) is 0 Å². The van der Waals surface area contributed by atoms with Crippen molar-refractivity contribution in [1.82, 2.24) is 15.0 Å². The predicted octanol–water partition coefficient (Wildman–Crippen LogP) is 9.08. The van der Waals surface area contributed by atoms with Crippen molar-refractivity contribution in [3.8, 4) is 45.3 Å². The van der Waals surface area contributed by atoms with Gasteiger partial charge in [-0.25, -0.2) is 15.0 Å². The zero-order valence-corrected chi connectivity index (χ0v) is 22.2. The zero-order valence-electron chi connectivity index (χ0n) is 22.2. The first-order valence-electron chi connectivity index (χ1n) is 13.5. The topological polar surface area (TPSA) is 51.8 Å². The molecule has 40 heavy (non-hydrogen) atoms. The summed E-state index contributed by atoms with van der Waals surface area (Å²) in [6.45, 7) is 4.57. The van der Waals surface area contributed by atoms with Crippen molar-refractivity contribution in [3.05, 3.63) is 126 Å². The molecule has 190 valence electrons. The Morgan fingerprint density at radius 3 is 1.77 bits per heavy atom. The summed E-state index contributed by atoms with van der Waals surface area (Å²) in [5, 5.41) is 2.31. The van der Waals surface area contributed by atoms with E-state index in [1.54, 1.807) is 0 Å². The van der Waals surface area contributed by atoms with Gasteiger partial charge in [-0.1, -0.05) is 111 Å². The predicted molar refractivity (Wildman–Crippen MR) is 161 cm³/mol. The standard InChI is InChI=1S/C36H25N3O/c1-36(2)29-21-24(17-18-25(29)27-19-20-28-26-15-9-10-16-30(26)40-32(28)31(27)36)35-38-33(22-11-5-3-6-12-22)37-34(39-35)23-13-7-4-8-14-23/h3-21H,1-2H3. The second-order valence-electron chi connectivity index (χ2n) is 10.9. The maximum atomic E-state index is 6.47. The van der Waals surface area contributed by atoms with Gasteiger partial charge < -0.3 is 4.42 Å². The molecule has 1 aliphatic carbocycles. The molecule has 0 unspecified atom stereocenters. The molecule has 0 amide bonds. The Balaban J connectivity index is 1.31. The maximum absolute atomic E-state index is 6.47. The van der Waals surface area contributed by atoms with Gasteiger partial charge in [0.25, 0.3) is 0 Å². The summed E-state index contributed by atoms with van der Waals surface area (Å²) in [5.74, 6) is 1.99. The van der Waals surface area contributed by atoms with Gasteiger partial charge in [0.1, 0.15) is 11.2 Å². The molecule has 4 nitrogen and oxygen atoms in total. The Bertz CT molecular complexity index is 2020. The number of hydrogen-bond donors (Lipinski definition) is 0. The fraction of sp³-hybridized carbons (Fsp3) is 0.0833. The normalized spacial score (nSPS) is 13.4. The molecule has 2 heterocycles. The summed E-state index contributed by atoms with van der Waals surface area (Å²) in [4.78, 5) is 14.8. The summed E-state index contributed by atoms with van der Waals surface area (Å²) in [5.41, 5.74) is 9.47. The van der Waals surface area contributed by atoms with Gasteiger partial charge >= 0.3 is 0 Å². The van der Waals surface area contributed by atoms with Crippen LogP contribution in [-0.2, 0) is 5.41 Å². The number of benzene rings is 5. The highest BCUT2D eigenvalue weighted by Crippen LogP contribution is 2.53. The second-order valence-corrected chi connectivity index (χ2v) is 10.9. The molecule has 0 radical (unpaired) electrons. The molecule has 8 rings (SSSR count). The summed E-state index contributed by atoms with van der Waals surface area (Å²) < 4.78 is 6.47. The first kappa shape index (κ1) is 22.9. The molecule has 0 saturated heterocycles. The van der Waals surface area contributed by atoms with E-state index in [0.29, 0.717) is 17.5 Å². The molecular formula is C36H25N3O. The van der Waals surface area contributed by atoms with Crippen LogP contribution in [0.4, 0.5) is 0 Å². The molecular weight excluding hydrogens is 490 g/mol. The van der Waals surface area contributed by atoms with Crippen molar-refractivity contribution in [1.29, 1.82) is 0 Å². The lowest BCUT2D eigenvalue weighted by atomic mass is 9.81. The van der Waals surface area contributed by atoms with E-state index in [9.17, 15) is 0 Å². The number of hydrogen-bond acceptors (Lipinski definition) is 4. The summed E-state index contributed by atoms with van der Waals surface area (Å²) in [6.07, 6.45) is 0. The first-order valence-corrected chi connectivity index (χ1v) is 13.5. The van der Waals surface area contributed by atoms with Gasteiger partial charge in [-0.05, 0) is 34.9 Å². The van der Waals surface area contributed by atoms with Crippen LogP contribution in [0.15, 0.2) is 120 Å². The molecule has 0 aliphatic heterocycles. The fourth-order valence-electron chi connectivity index (χ4n) is 6.14. The molecule has 0 saturated carbocycles. The Hall–Kier alpha value is -5.09. The van der Waals surface area contributed by atoms with Crippen molar-refractivity contribution < 1.29 is 4.42 Å². The van der Waals surface area contributed by atoms with Crippen molar-refractivity contribution in [2.24, 2.45) is 0 Å². The van der Waals surface area contributed by atoms with Crippen LogP contribution in [0.2, 0.25) is 0 Å². The fourth-order valence-corrected chi connectivity index (χ4v) is 6.14. The number of fused-ring (bicyclic) bond motifs is 7. The number of aromatic nitrogens is 3. The van der Waals surface area contributed by atoms with Gasteiger partial charge in [0.05, 0.1) is 0 Å². The highest BCUT2D eigenvalue weighted by molar-refractivity contribution is 6.09. The minimum Gasteiger partial charge on any atom is -0.456 e. The molecule has 0 atom stereocenters. The highest BCUT2D eigenvalue weighted by Gasteiger charge is 2.39. The quantitative estimate of drug-likeness (QED) is 0.235. The van der Waals surface area contributed by atoms with Crippen LogP contribution < -0.4 is 0 Å². The van der Waals surface area contributed by atoms with Gasteiger partial charge in [0, 0.05) is 38.4 Å². The monoisotopic (exact) mass is 515 g/mol. The maximum Gasteiger partial charge on any atom is 0.164 e. The lowest BCUT2D eigenvalue weighted by Crippen LogP contribution is -2.15. The Morgan fingerprint density at radius 2 is 1.10 bits per heavy atom. The van der Waals surface area contributed by atoms with Gasteiger partial charge in [-0.15, -0.1) is 0 Å². The minimum atomic E-state index is -0.258. The van der Waals surface area contributed by atoms with E-state index in [4.69, 9.17) is 19.4 Å². The second kappa shape index (κ2) is 8.45. The summed E-state index contributed by atoms with van der Waals surface area (Å²) >= 11 is 0. The van der Waals surface area contributed by atoms with E-state index >= 15 is 0 Å². The van der Waals surface area contributed by atoms with E-state index in [-0.39, 0.29) is 5.41 Å². The average molecular weight is 516 g/mol. The van der Waals surface area contributed by atoms with E-state index in [0.717, 1.165) is 38.6 Å². The molecule has 0 N–H and O–H groups in total. The van der Waals surface area contributed by atoms with Gasteiger partial charge in [-0.2, -0.15) is 0 Å². The first-order chi connectivity index (χ1) is 19.6. The van der Waals surface area contributed by atoms with Crippen LogP contribution in [0.25, 0.3) is 67.2 Å². The van der Waals surface area contributed by atoms with Gasteiger partial charge in [-0.3, -0.25) is 0 Å². The van der Waals surface area contributed by atoms with Crippen LogP contribution in [0.3, 0.4) is 0 Å². The van der Waals surface area contributed by atoms with Gasteiger partial charge in [0.2, 0.25) is 0 Å².